The summed E-state index contributed by atoms with van der Waals surface area (Å²) < 4.78 is 11.1. The van der Waals surface area contributed by atoms with Gasteiger partial charge in [-0.25, -0.2) is 0 Å². The Balaban J connectivity index is 1.82. The first kappa shape index (κ1) is 18.3. The van der Waals surface area contributed by atoms with Crippen LogP contribution in [0, 0.1) is 0 Å². The molecular formula is C19H20O6. The maximum absolute atomic E-state index is 11.4. The molecule has 2 rings (SSSR count). The van der Waals surface area contributed by atoms with E-state index in [0.29, 0.717) is 31.1 Å². The standard InChI is InChI=1S/C19H20O6/c1-12(20)16-10-14(4-6-18(16)22)24-8-3-9-25-15-5-7-19(23)17(11-15)13(2)21/h4-7,10-11,22-23H,3,8-9H2,1-2H3. The monoisotopic (exact) mass is 344 g/mol. The van der Waals surface area contributed by atoms with Gasteiger partial charge in [0, 0.05) is 6.42 Å². The Hall–Kier alpha value is -3.02. The molecule has 0 amide bonds. The minimum absolute atomic E-state index is 0.0724. The molecule has 25 heavy (non-hydrogen) atoms. The van der Waals surface area contributed by atoms with Crippen molar-refractivity contribution in [2.24, 2.45) is 0 Å². The zero-order valence-corrected chi connectivity index (χ0v) is 14.1. The molecule has 0 fully saturated rings. The second kappa shape index (κ2) is 8.19. The third kappa shape index (κ3) is 4.97. The van der Waals surface area contributed by atoms with Gasteiger partial charge in [-0.1, -0.05) is 0 Å². The highest BCUT2D eigenvalue weighted by Gasteiger charge is 2.09. The number of hydrogen-bond acceptors (Lipinski definition) is 6. The average Bonchev–Trinajstić information content (AvgIpc) is 2.56. The molecule has 132 valence electrons. The van der Waals surface area contributed by atoms with Crippen LogP contribution in [0.3, 0.4) is 0 Å². The van der Waals surface area contributed by atoms with Gasteiger partial charge in [0.1, 0.15) is 23.0 Å². The van der Waals surface area contributed by atoms with Crippen LogP contribution in [0.5, 0.6) is 23.0 Å². The molecule has 0 atom stereocenters. The minimum atomic E-state index is -0.236. The molecule has 6 nitrogen and oxygen atoms in total. The van der Waals surface area contributed by atoms with Crippen molar-refractivity contribution in [3.05, 3.63) is 47.5 Å². The van der Waals surface area contributed by atoms with Crippen molar-refractivity contribution >= 4 is 11.6 Å². The van der Waals surface area contributed by atoms with Gasteiger partial charge < -0.3 is 19.7 Å². The summed E-state index contributed by atoms with van der Waals surface area (Å²) in [5.41, 5.74) is 0.434. The number of hydrogen-bond donors (Lipinski definition) is 2. The number of phenols is 2. The summed E-state index contributed by atoms with van der Waals surface area (Å²) in [7, 11) is 0. The molecule has 0 unspecified atom stereocenters. The van der Waals surface area contributed by atoms with Gasteiger partial charge in [0.2, 0.25) is 0 Å². The van der Waals surface area contributed by atoms with Crippen LogP contribution >= 0.6 is 0 Å². The van der Waals surface area contributed by atoms with Crippen LogP contribution in [0.2, 0.25) is 0 Å². The summed E-state index contributed by atoms with van der Waals surface area (Å²) in [6, 6.07) is 9.00. The van der Waals surface area contributed by atoms with E-state index in [9.17, 15) is 19.8 Å². The third-order valence-electron chi connectivity index (χ3n) is 3.52. The predicted octanol–water partition coefficient (Wildman–Crippen LogP) is 3.35. The van der Waals surface area contributed by atoms with E-state index < -0.39 is 0 Å². The fraction of sp³-hybridized carbons (Fsp3) is 0.263. The van der Waals surface area contributed by atoms with Crippen molar-refractivity contribution < 1.29 is 29.3 Å². The number of Topliss-reactive ketones (excluding diaryl/α,β-unsaturated/α-hetero) is 2. The summed E-state index contributed by atoms with van der Waals surface area (Å²) >= 11 is 0. The average molecular weight is 344 g/mol. The van der Waals surface area contributed by atoms with Crippen LogP contribution in [-0.2, 0) is 0 Å². The molecular weight excluding hydrogens is 324 g/mol. The summed E-state index contributed by atoms with van der Waals surface area (Å²) in [5, 5.41) is 19.2. The number of phenolic OH excluding ortho intramolecular Hbond substituents is 2. The van der Waals surface area contributed by atoms with E-state index in [4.69, 9.17) is 9.47 Å². The fourth-order valence-corrected chi connectivity index (χ4v) is 2.21. The number of ether oxygens (including phenoxy) is 2. The first-order chi connectivity index (χ1) is 11.9. The van der Waals surface area contributed by atoms with E-state index in [1.165, 1.54) is 38.1 Å². The summed E-state index contributed by atoms with van der Waals surface area (Å²) in [4.78, 5) is 22.7. The second-order valence-electron chi connectivity index (χ2n) is 5.52. The Morgan fingerprint density at radius 1 is 0.800 bits per heavy atom. The highest BCUT2D eigenvalue weighted by molar-refractivity contribution is 5.97. The van der Waals surface area contributed by atoms with Crippen LogP contribution in [0.4, 0.5) is 0 Å². The van der Waals surface area contributed by atoms with Crippen LogP contribution in [0.15, 0.2) is 36.4 Å². The summed E-state index contributed by atoms with van der Waals surface area (Å²) in [6.45, 7) is 3.47. The van der Waals surface area contributed by atoms with Gasteiger partial charge in [0.05, 0.1) is 24.3 Å². The summed E-state index contributed by atoms with van der Waals surface area (Å²) in [5.74, 6) is 0.367. The topological polar surface area (TPSA) is 93.1 Å². The fourth-order valence-electron chi connectivity index (χ4n) is 2.21. The van der Waals surface area contributed by atoms with Gasteiger partial charge in [0.15, 0.2) is 11.6 Å². The lowest BCUT2D eigenvalue weighted by Gasteiger charge is -2.10. The molecule has 0 radical (unpaired) electrons. The maximum Gasteiger partial charge on any atom is 0.163 e. The molecule has 0 aromatic heterocycles. The number of benzene rings is 2. The lowest BCUT2D eigenvalue weighted by molar-refractivity contribution is 0.100. The van der Waals surface area contributed by atoms with Gasteiger partial charge in [-0.05, 0) is 50.2 Å². The SMILES string of the molecule is CC(=O)c1cc(OCCCOc2ccc(O)c(C(C)=O)c2)ccc1O. The number of carbonyl (C=O) groups is 2. The van der Waals surface area contributed by atoms with E-state index in [0.717, 1.165) is 0 Å². The minimum Gasteiger partial charge on any atom is -0.507 e. The van der Waals surface area contributed by atoms with E-state index >= 15 is 0 Å². The molecule has 0 aliphatic rings. The highest BCUT2D eigenvalue weighted by atomic mass is 16.5. The van der Waals surface area contributed by atoms with E-state index in [2.05, 4.69) is 0 Å². The van der Waals surface area contributed by atoms with Gasteiger partial charge in [0.25, 0.3) is 0 Å². The van der Waals surface area contributed by atoms with Crippen molar-refractivity contribution in [1.29, 1.82) is 0 Å². The molecule has 2 aromatic rings. The van der Waals surface area contributed by atoms with Crippen molar-refractivity contribution in [3.8, 4) is 23.0 Å². The lowest BCUT2D eigenvalue weighted by Crippen LogP contribution is -2.06. The summed E-state index contributed by atoms with van der Waals surface area (Å²) in [6.07, 6.45) is 0.576. The van der Waals surface area contributed by atoms with Crippen molar-refractivity contribution in [2.75, 3.05) is 13.2 Å². The first-order valence-corrected chi connectivity index (χ1v) is 7.82. The van der Waals surface area contributed by atoms with Crippen LogP contribution in [-0.4, -0.2) is 35.0 Å². The first-order valence-electron chi connectivity index (χ1n) is 7.82. The van der Waals surface area contributed by atoms with E-state index in [1.54, 1.807) is 12.1 Å². The maximum atomic E-state index is 11.4. The van der Waals surface area contributed by atoms with E-state index in [-0.39, 0.29) is 34.2 Å². The number of carbonyl (C=O) groups excluding carboxylic acids is 2. The molecule has 6 heteroatoms. The third-order valence-corrected chi connectivity index (χ3v) is 3.52. The van der Waals surface area contributed by atoms with Gasteiger partial charge in [-0.2, -0.15) is 0 Å². The zero-order chi connectivity index (χ0) is 18.4. The van der Waals surface area contributed by atoms with Gasteiger partial charge >= 0.3 is 0 Å². The molecule has 0 aliphatic carbocycles. The Morgan fingerprint density at radius 2 is 1.20 bits per heavy atom. The molecule has 2 aromatic carbocycles. The molecule has 2 N–H and O–H groups in total. The molecule has 0 heterocycles. The van der Waals surface area contributed by atoms with Crippen molar-refractivity contribution in [1.82, 2.24) is 0 Å². The van der Waals surface area contributed by atoms with Crippen LogP contribution in [0.1, 0.15) is 41.0 Å². The molecule has 0 saturated carbocycles. The number of rotatable bonds is 8. The Kier molecular flexibility index (Phi) is 6.00. The molecule has 0 bridgehead atoms. The molecule has 0 saturated heterocycles. The van der Waals surface area contributed by atoms with E-state index in [1.807, 2.05) is 0 Å². The van der Waals surface area contributed by atoms with Crippen molar-refractivity contribution in [3.63, 3.8) is 0 Å². The highest BCUT2D eigenvalue weighted by Crippen LogP contribution is 2.24. The molecule has 0 aliphatic heterocycles. The lowest BCUT2D eigenvalue weighted by atomic mass is 10.1. The molecule has 0 spiro atoms. The van der Waals surface area contributed by atoms with Crippen molar-refractivity contribution in [2.45, 2.75) is 20.3 Å². The smallest absolute Gasteiger partial charge is 0.163 e. The Bertz CT molecular complexity index is 716. The number of aromatic hydroxyl groups is 2. The Labute approximate surface area is 145 Å². The second-order valence-corrected chi connectivity index (χ2v) is 5.52. The predicted molar refractivity (Wildman–Crippen MR) is 91.8 cm³/mol. The van der Waals surface area contributed by atoms with Gasteiger partial charge in [-0.15, -0.1) is 0 Å². The van der Waals surface area contributed by atoms with Gasteiger partial charge in [-0.3, -0.25) is 9.59 Å². The largest absolute Gasteiger partial charge is 0.507 e. The van der Waals surface area contributed by atoms with Crippen LogP contribution < -0.4 is 9.47 Å². The van der Waals surface area contributed by atoms with Crippen LogP contribution in [0.25, 0.3) is 0 Å². The zero-order valence-electron chi connectivity index (χ0n) is 14.1. The number of ketones is 2. The quantitative estimate of drug-likeness (QED) is 0.563. The Morgan fingerprint density at radius 3 is 1.56 bits per heavy atom. The normalized spacial score (nSPS) is 10.3.